The Morgan fingerprint density at radius 3 is 2.32 bits per heavy atom. The number of piperidine rings is 1. The molecule has 122 valence electrons. The topological polar surface area (TPSA) is 32.3 Å². The lowest BCUT2D eigenvalue weighted by Crippen LogP contribution is -2.38. The van der Waals surface area contributed by atoms with Crippen molar-refractivity contribution in [3.63, 3.8) is 0 Å². The van der Waals surface area contributed by atoms with E-state index < -0.39 is 0 Å². The first kappa shape index (κ1) is 16.9. The first-order valence-electron chi connectivity index (χ1n) is 8.78. The van der Waals surface area contributed by atoms with Gasteiger partial charge < -0.3 is 10.2 Å². The van der Waals surface area contributed by atoms with E-state index in [1.165, 1.54) is 16.8 Å². The highest BCUT2D eigenvalue weighted by molar-refractivity contribution is 5.77. The van der Waals surface area contributed by atoms with Crippen molar-refractivity contribution in [1.29, 1.82) is 0 Å². The Hall–Kier alpha value is -1.51. The number of nitrogens with zero attached hydrogens (tertiary/aromatic N) is 1. The van der Waals surface area contributed by atoms with Gasteiger partial charge in [0.15, 0.2) is 0 Å². The highest BCUT2D eigenvalue weighted by Crippen LogP contribution is 2.22. The smallest absolute Gasteiger partial charge is 0.224 e. The van der Waals surface area contributed by atoms with E-state index in [9.17, 15) is 4.79 Å². The van der Waals surface area contributed by atoms with Gasteiger partial charge in [-0.2, -0.15) is 0 Å². The maximum absolute atomic E-state index is 12.3. The van der Waals surface area contributed by atoms with E-state index in [1.54, 1.807) is 0 Å². The molecule has 3 heteroatoms. The van der Waals surface area contributed by atoms with Crippen molar-refractivity contribution < 1.29 is 4.79 Å². The van der Waals surface area contributed by atoms with Crippen LogP contribution in [0.25, 0.3) is 0 Å². The average molecular weight is 302 g/mol. The number of hydrogen-bond acceptors (Lipinski definition) is 2. The average Bonchev–Trinajstić information content (AvgIpc) is 2.55. The molecule has 1 N–H and O–H groups in total. The molecule has 3 nitrogen and oxygen atoms in total. The normalized spacial score (nSPS) is 15.9. The van der Waals surface area contributed by atoms with Gasteiger partial charge in [0.25, 0.3) is 0 Å². The van der Waals surface area contributed by atoms with Crippen LogP contribution in [0.4, 0.5) is 5.69 Å². The summed E-state index contributed by atoms with van der Waals surface area (Å²) in [4.78, 5) is 14.3. The van der Waals surface area contributed by atoms with Crippen molar-refractivity contribution in [2.45, 2.75) is 52.9 Å². The second kappa shape index (κ2) is 8.21. The minimum Gasteiger partial charge on any atom is -0.384 e. The summed E-state index contributed by atoms with van der Waals surface area (Å²) >= 11 is 0. The van der Waals surface area contributed by atoms with Crippen LogP contribution in [0.2, 0.25) is 0 Å². The summed E-state index contributed by atoms with van der Waals surface area (Å²) in [6.45, 7) is 9.24. The van der Waals surface area contributed by atoms with Crippen LogP contribution in [0, 0.1) is 5.92 Å². The molecule has 0 aromatic heterocycles. The van der Waals surface area contributed by atoms with Crippen LogP contribution >= 0.6 is 0 Å². The Morgan fingerprint density at radius 2 is 1.77 bits per heavy atom. The maximum Gasteiger partial charge on any atom is 0.224 e. The third kappa shape index (κ3) is 4.25. The fourth-order valence-corrected chi connectivity index (χ4v) is 3.18. The highest BCUT2D eigenvalue weighted by Gasteiger charge is 2.19. The Kier molecular flexibility index (Phi) is 6.29. The number of carbonyl (C=O) groups is 1. The van der Waals surface area contributed by atoms with Crippen molar-refractivity contribution in [1.82, 2.24) is 4.90 Å². The number of carbonyl (C=O) groups excluding carboxylic acids is 1. The van der Waals surface area contributed by atoms with Gasteiger partial charge in [-0.3, -0.25) is 4.79 Å². The molecule has 0 atom stereocenters. The molecule has 0 spiro atoms. The van der Waals surface area contributed by atoms with Gasteiger partial charge in [-0.25, -0.2) is 0 Å². The van der Waals surface area contributed by atoms with E-state index >= 15 is 0 Å². The monoisotopic (exact) mass is 302 g/mol. The minimum absolute atomic E-state index is 0.298. The van der Waals surface area contributed by atoms with Crippen LogP contribution < -0.4 is 5.32 Å². The molecule has 0 radical (unpaired) electrons. The number of nitrogens with one attached hydrogen (secondary N) is 1. The number of likely N-dealkylation sites (tertiary alicyclic amines) is 1. The van der Waals surface area contributed by atoms with Crippen molar-refractivity contribution >= 4 is 11.6 Å². The molecule has 0 aliphatic carbocycles. The molecule has 2 rings (SSSR count). The van der Waals surface area contributed by atoms with Gasteiger partial charge in [-0.15, -0.1) is 0 Å². The first-order valence-corrected chi connectivity index (χ1v) is 8.78. The Balaban J connectivity index is 1.87. The molecule has 1 aliphatic heterocycles. The zero-order chi connectivity index (χ0) is 15.9. The maximum atomic E-state index is 12.3. The van der Waals surface area contributed by atoms with E-state index in [4.69, 9.17) is 0 Å². The fourth-order valence-electron chi connectivity index (χ4n) is 3.18. The molecule has 1 saturated heterocycles. The van der Waals surface area contributed by atoms with E-state index in [0.29, 0.717) is 12.3 Å². The van der Waals surface area contributed by atoms with E-state index in [-0.39, 0.29) is 0 Å². The van der Waals surface area contributed by atoms with Crippen LogP contribution in [0.1, 0.15) is 51.2 Å². The van der Waals surface area contributed by atoms with Gasteiger partial charge in [-0.1, -0.05) is 39.0 Å². The molecule has 1 amide bonds. The molecule has 0 saturated carbocycles. The van der Waals surface area contributed by atoms with Gasteiger partial charge in [0, 0.05) is 31.7 Å². The number of para-hydroxylation sites is 1. The number of benzene rings is 1. The summed E-state index contributed by atoms with van der Waals surface area (Å²) in [6, 6.07) is 6.48. The molecule has 22 heavy (non-hydrogen) atoms. The number of rotatable bonds is 6. The lowest BCUT2D eigenvalue weighted by atomic mass is 9.99. The minimum atomic E-state index is 0.298. The highest BCUT2D eigenvalue weighted by atomic mass is 16.2. The quantitative estimate of drug-likeness (QED) is 0.865. The predicted octanol–water partition coefficient (Wildman–Crippen LogP) is 3.87. The molecule has 0 unspecified atom stereocenters. The van der Waals surface area contributed by atoms with Gasteiger partial charge in [0.05, 0.1) is 0 Å². The summed E-state index contributed by atoms with van der Waals surface area (Å²) in [5, 5.41) is 3.51. The zero-order valence-electron chi connectivity index (χ0n) is 14.3. The third-order valence-corrected chi connectivity index (χ3v) is 4.78. The van der Waals surface area contributed by atoms with E-state index in [0.717, 1.165) is 51.2 Å². The number of anilines is 1. The SMILES string of the molecule is CCc1cccc(CC)c1NCCC(=O)N1CCC(C)CC1. The summed E-state index contributed by atoms with van der Waals surface area (Å²) in [7, 11) is 0. The summed E-state index contributed by atoms with van der Waals surface area (Å²) in [5.41, 5.74) is 3.93. The lowest BCUT2D eigenvalue weighted by molar-refractivity contribution is -0.132. The number of aryl methyl sites for hydroxylation is 2. The Morgan fingerprint density at radius 1 is 1.18 bits per heavy atom. The number of hydrogen-bond donors (Lipinski definition) is 1. The predicted molar refractivity (Wildman–Crippen MR) is 93.3 cm³/mol. The standard InChI is InChI=1S/C19H30N2O/c1-4-16-7-6-8-17(5-2)19(16)20-12-9-18(22)21-13-10-15(3)11-14-21/h6-8,15,20H,4-5,9-14H2,1-3H3. The van der Waals surface area contributed by atoms with E-state index in [1.807, 2.05) is 4.90 Å². The molecule has 1 aromatic rings. The first-order chi connectivity index (χ1) is 10.7. The molecule has 1 fully saturated rings. The number of amides is 1. The van der Waals surface area contributed by atoms with Crippen molar-refractivity contribution in [2.24, 2.45) is 5.92 Å². The Labute approximate surface area is 135 Å². The molecule has 0 bridgehead atoms. The van der Waals surface area contributed by atoms with Gasteiger partial charge in [-0.05, 0) is 42.7 Å². The lowest BCUT2D eigenvalue weighted by Gasteiger charge is -2.30. The fraction of sp³-hybridized carbons (Fsp3) is 0.632. The summed E-state index contributed by atoms with van der Waals surface area (Å²) in [6.07, 6.45) is 4.94. The Bertz CT molecular complexity index is 468. The van der Waals surface area contributed by atoms with Crippen LogP contribution in [0.15, 0.2) is 18.2 Å². The van der Waals surface area contributed by atoms with Crippen molar-refractivity contribution in [3.05, 3.63) is 29.3 Å². The van der Waals surface area contributed by atoms with Gasteiger partial charge in [0.2, 0.25) is 5.91 Å². The largest absolute Gasteiger partial charge is 0.384 e. The van der Waals surface area contributed by atoms with Crippen molar-refractivity contribution in [2.75, 3.05) is 25.0 Å². The molecule has 1 heterocycles. The van der Waals surface area contributed by atoms with Crippen LogP contribution in [-0.4, -0.2) is 30.4 Å². The summed E-state index contributed by atoms with van der Waals surface area (Å²) in [5.74, 6) is 1.07. The zero-order valence-corrected chi connectivity index (χ0v) is 14.3. The van der Waals surface area contributed by atoms with Crippen LogP contribution in [0.3, 0.4) is 0 Å². The molecule has 1 aliphatic rings. The third-order valence-electron chi connectivity index (χ3n) is 4.78. The second-order valence-corrected chi connectivity index (χ2v) is 6.40. The van der Waals surface area contributed by atoms with Crippen LogP contribution in [-0.2, 0) is 17.6 Å². The van der Waals surface area contributed by atoms with Crippen LogP contribution in [0.5, 0.6) is 0 Å². The molecular formula is C19H30N2O. The van der Waals surface area contributed by atoms with Gasteiger partial charge in [0.1, 0.15) is 0 Å². The van der Waals surface area contributed by atoms with Crippen molar-refractivity contribution in [3.8, 4) is 0 Å². The molecule has 1 aromatic carbocycles. The summed E-state index contributed by atoms with van der Waals surface area (Å²) < 4.78 is 0. The van der Waals surface area contributed by atoms with E-state index in [2.05, 4.69) is 44.3 Å². The molecular weight excluding hydrogens is 272 g/mol. The second-order valence-electron chi connectivity index (χ2n) is 6.40. The van der Waals surface area contributed by atoms with Gasteiger partial charge >= 0.3 is 0 Å².